The summed E-state index contributed by atoms with van der Waals surface area (Å²) in [5, 5.41) is 0. The molecule has 22 heavy (non-hydrogen) atoms. The highest BCUT2D eigenvalue weighted by Crippen LogP contribution is 2.40. The summed E-state index contributed by atoms with van der Waals surface area (Å²) >= 11 is -2.03. The minimum Gasteiger partial charge on any atom is -0.372 e. The van der Waals surface area contributed by atoms with Gasteiger partial charge in [0.15, 0.2) is 0 Å². The van der Waals surface area contributed by atoms with Crippen molar-refractivity contribution in [3.8, 4) is 5.88 Å². The number of alkyl halides is 3. The lowest BCUT2D eigenvalue weighted by atomic mass is 10.1. The molecule has 2 heterocycles. The van der Waals surface area contributed by atoms with Gasteiger partial charge in [0.1, 0.15) is 5.82 Å². The van der Waals surface area contributed by atoms with Crippen LogP contribution in [0.4, 0.5) is 13.2 Å². The molecule has 2 aliphatic rings. The van der Waals surface area contributed by atoms with E-state index in [0.717, 1.165) is 43.6 Å². The van der Waals surface area contributed by atoms with E-state index in [1.54, 1.807) is 0 Å². The SMILES string of the molecule is O=S(Oc1nc(C2CCCC2)nc2c1SCCC2)C(F)(F)F. The minimum atomic E-state index is -4.91. The molecule has 1 saturated carbocycles. The second-order valence-electron chi connectivity index (χ2n) is 5.36. The molecule has 0 N–H and O–H groups in total. The van der Waals surface area contributed by atoms with Crippen LogP contribution < -0.4 is 4.18 Å². The Hall–Kier alpha value is -0.830. The highest BCUT2D eigenvalue weighted by Gasteiger charge is 2.41. The minimum absolute atomic E-state index is 0.166. The zero-order valence-electron chi connectivity index (χ0n) is 11.7. The quantitative estimate of drug-likeness (QED) is 0.830. The first kappa shape index (κ1) is 16.0. The summed E-state index contributed by atoms with van der Waals surface area (Å²) < 4.78 is 53.4. The van der Waals surface area contributed by atoms with Crippen molar-refractivity contribution in [3.63, 3.8) is 0 Å². The van der Waals surface area contributed by atoms with Gasteiger partial charge in [0, 0.05) is 5.92 Å². The van der Waals surface area contributed by atoms with E-state index < -0.39 is 16.6 Å². The summed E-state index contributed by atoms with van der Waals surface area (Å²) in [6.07, 6.45) is 5.64. The lowest BCUT2D eigenvalue weighted by Crippen LogP contribution is -2.22. The number of aryl methyl sites for hydroxylation is 1. The van der Waals surface area contributed by atoms with E-state index in [-0.39, 0.29) is 11.8 Å². The summed E-state index contributed by atoms with van der Waals surface area (Å²) in [6, 6.07) is 0. The number of rotatable bonds is 3. The van der Waals surface area contributed by atoms with Crippen LogP contribution in [-0.2, 0) is 17.5 Å². The van der Waals surface area contributed by atoms with Gasteiger partial charge in [-0.3, -0.25) is 0 Å². The van der Waals surface area contributed by atoms with Crippen molar-refractivity contribution in [2.24, 2.45) is 0 Å². The third kappa shape index (κ3) is 3.40. The molecule has 3 rings (SSSR count). The molecule has 1 aromatic rings. The maximum Gasteiger partial charge on any atom is 0.508 e. The van der Waals surface area contributed by atoms with Gasteiger partial charge in [-0.25, -0.2) is 9.19 Å². The van der Waals surface area contributed by atoms with Crippen molar-refractivity contribution in [1.29, 1.82) is 0 Å². The molecule has 1 unspecified atom stereocenters. The molecule has 122 valence electrons. The van der Waals surface area contributed by atoms with E-state index in [2.05, 4.69) is 14.2 Å². The van der Waals surface area contributed by atoms with Gasteiger partial charge in [-0.05, 0) is 31.4 Å². The predicted molar refractivity (Wildman–Crippen MR) is 77.1 cm³/mol. The zero-order valence-corrected chi connectivity index (χ0v) is 13.3. The van der Waals surface area contributed by atoms with Crippen LogP contribution in [0.2, 0.25) is 0 Å². The standard InChI is InChI=1S/C13H15F3N2O2S2/c14-13(15,16)22(19)20-12-10-9(6-3-7-21-10)17-11(18-12)8-4-1-2-5-8/h8H,1-7H2. The number of halogens is 3. The number of fused-ring (bicyclic) bond motifs is 1. The third-order valence-corrected chi connectivity index (χ3v) is 5.67. The topological polar surface area (TPSA) is 52.1 Å². The molecule has 1 aliphatic heterocycles. The number of hydrogen-bond acceptors (Lipinski definition) is 5. The largest absolute Gasteiger partial charge is 0.508 e. The van der Waals surface area contributed by atoms with Crippen molar-refractivity contribution >= 4 is 22.8 Å². The lowest BCUT2D eigenvalue weighted by molar-refractivity contribution is -0.0439. The summed E-state index contributed by atoms with van der Waals surface area (Å²) in [7, 11) is 0. The average Bonchev–Trinajstić information content (AvgIpc) is 3.00. The first-order valence-electron chi connectivity index (χ1n) is 7.15. The molecule has 1 aromatic heterocycles. The van der Waals surface area contributed by atoms with Crippen LogP contribution in [0.15, 0.2) is 4.90 Å². The number of nitrogens with zero attached hydrogens (tertiary/aromatic N) is 2. The van der Waals surface area contributed by atoms with Gasteiger partial charge in [0.05, 0.1) is 10.6 Å². The Balaban J connectivity index is 1.95. The van der Waals surface area contributed by atoms with Gasteiger partial charge < -0.3 is 4.18 Å². The Bertz CT molecular complexity index is 589. The molecular formula is C13H15F3N2O2S2. The first-order chi connectivity index (χ1) is 10.4. The summed E-state index contributed by atoms with van der Waals surface area (Å²) in [5.41, 5.74) is -4.19. The van der Waals surface area contributed by atoms with Gasteiger partial charge in [-0.1, -0.05) is 12.8 Å². The Kier molecular flexibility index (Phi) is 4.63. The fraction of sp³-hybridized carbons (Fsp3) is 0.692. The highest BCUT2D eigenvalue weighted by molar-refractivity contribution is 7.99. The Labute approximate surface area is 132 Å². The molecule has 4 nitrogen and oxygen atoms in total. The number of aromatic nitrogens is 2. The van der Waals surface area contributed by atoms with E-state index >= 15 is 0 Å². The summed E-state index contributed by atoms with van der Waals surface area (Å²) in [4.78, 5) is 9.21. The van der Waals surface area contributed by atoms with Crippen LogP contribution in [0, 0.1) is 0 Å². The van der Waals surface area contributed by atoms with Gasteiger partial charge in [0.2, 0.25) is 5.88 Å². The van der Waals surface area contributed by atoms with Crippen LogP contribution in [-0.4, -0.2) is 25.4 Å². The smallest absolute Gasteiger partial charge is 0.372 e. The molecule has 1 aliphatic carbocycles. The van der Waals surface area contributed by atoms with Crippen LogP contribution in [0.5, 0.6) is 5.88 Å². The van der Waals surface area contributed by atoms with Gasteiger partial charge in [-0.2, -0.15) is 18.2 Å². The van der Waals surface area contributed by atoms with Gasteiger partial charge in [-0.15, -0.1) is 11.8 Å². The van der Waals surface area contributed by atoms with E-state index in [0.29, 0.717) is 17.1 Å². The third-order valence-electron chi connectivity index (χ3n) is 3.79. The summed E-state index contributed by atoms with van der Waals surface area (Å²) in [5.74, 6) is 1.30. The van der Waals surface area contributed by atoms with Crippen molar-refractivity contribution in [1.82, 2.24) is 9.97 Å². The van der Waals surface area contributed by atoms with Crippen molar-refractivity contribution < 1.29 is 21.6 Å². The highest BCUT2D eigenvalue weighted by atomic mass is 32.2. The molecule has 0 radical (unpaired) electrons. The molecule has 1 fully saturated rings. The monoisotopic (exact) mass is 352 g/mol. The van der Waals surface area contributed by atoms with Crippen molar-refractivity contribution in [2.45, 2.75) is 54.8 Å². The maximum atomic E-state index is 12.5. The van der Waals surface area contributed by atoms with Crippen LogP contribution in [0.3, 0.4) is 0 Å². The molecule has 0 aromatic carbocycles. The van der Waals surface area contributed by atoms with Gasteiger partial charge in [0.25, 0.3) is 0 Å². The Morgan fingerprint density at radius 3 is 2.59 bits per heavy atom. The summed E-state index contributed by atoms with van der Waals surface area (Å²) in [6.45, 7) is 0. The van der Waals surface area contributed by atoms with Crippen LogP contribution >= 0.6 is 11.8 Å². The second-order valence-corrected chi connectivity index (χ2v) is 7.56. The predicted octanol–water partition coefficient (Wildman–Crippen LogP) is 3.73. The fourth-order valence-electron chi connectivity index (χ4n) is 2.76. The molecule has 0 spiro atoms. The average molecular weight is 352 g/mol. The van der Waals surface area contributed by atoms with Crippen molar-refractivity contribution in [3.05, 3.63) is 11.5 Å². The molecule has 0 amide bonds. The van der Waals surface area contributed by atoms with Gasteiger partial charge >= 0.3 is 16.6 Å². The van der Waals surface area contributed by atoms with E-state index in [1.807, 2.05) is 0 Å². The normalized spacial score (nSPS) is 20.7. The number of hydrogen-bond donors (Lipinski definition) is 0. The molecule has 0 bridgehead atoms. The molecule has 1 atom stereocenters. The first-order valence-corrected chi connectivity index (χ1v) is 9.21. The fourth-order valence-corrected chi connectivity index (χ4v) is 4.19. The lowest BCUT2D eigenvalue weighted by Gasteiger charge is -2.19. The van der Waals surface area contributed by atoms with Crippen LogP contribution in [0.25, 0.3) is 0 Å². The van der Waals surface area contributed by atoms with E-state index in [9.17, 15) is 17.4 Å². The Morgan fingerprint density at radius 2 is 1.91 bits per heavy atom. The van der Waals surface area contributed by atoms with E-state index in [1.165, 1.54) is 11.8 Å². The van der Waals surface area contributed by atoms with E-state index in [4.69, 9.17) is 0 Å². The number of thioether (sulfide) groups is 1. The van der Waals surface area contributed by atoms with Crippen LogP contribution in [0.1, 0.15) is 49.5 Å². The molecule has 0 saturated heterocycles. The molecule has 9 heteroatoms. The maximum absolute atomic E-state index is 12.5. The second kappa shape index (κ2) is 6.35. The zero-order chi connectivity index (χ0) is 15.7. The molecular weight excluding hydrogens is 337 g/mol. The Morgan fingerprint density at radius 1 is 1.18 bits per heavy atom. The van der Waals surface area contributed by atoms with Crippen molar-refractivity contribution in [2.75, 3.05) is 5.75 Å².